The van der Waals surface area contributed by atoms with Gasteiger partial charge in [-0.1, -0.05) is 18.5 Å². The fraction of sp³-hybridized carbons (Fsp3) is 0.700. The van der Waals surface area contributed by atoms with Crippen molar-refractivity contribution in [3.8, 4) is 0 Å². The average molecular weight is 214 g/mol. The van der Waals surface area contributed by atoms with Crippen LogP contribution in [0.15, 0.2) is 12.4 Å². The molecule has 78 valence electrons. The van der Waals surface area contributed by atoms with E-state index in [1.54, 1.807) is 6.20 Å². The number of aromatic nitrogens is 2. The van der Waals surface area contributed by atoms with Gasteiger partial charge in [0.2, 0.25) is 0 Å². The first kappa shape index (κ1) is 9.99. The molecule has 0 aromatic carbocycles. The average Bonchev–Trinajstić information content (AvgIpc) is 2.88. The van der Waals surface area contributed by atoms with Gasteiger partial charge in [-0.25, -0.2) is 0 Å². The lowest BCUT2D eigenvalue weighted by Gasteiger charge is -2.11. The molecular weight excluding hydrogens is 198 g/mol. The van der Waals surface area contributed by atoms with Gasteiger partial charge in [-0.05, 0) is 25.3 Å². The fourth-order valence-corrected chi connectivity index (χ4v) is 1.63. The molecule has 14 heavy (non-hydrogen) atoms. The zero-order valence-corrected chi connectivity index (χ0v) is 9.17. The van der Waals surface area contributed by atoms with E-state index in [0.717, 1.165) is 19.1 Å². The first-order valence-corrected chi connectivity index (χ1v) is 5.53. The van der Waals surface area contributed by atoms with Crippen LogP contribution in [0.3, 0.4) is 0 Å². The quantitative estimate of drug-likeness (QED) is 0.810. The summed E-state index contributed by atoms with van der Waals surface area (Å²) in [5.41, 5.74) is 0. The van der Waals surface area contributed by atoms with Gasteiger partial charge in [-0.3, -0.25) is 4.68 Å². The standard InChI is InChI=1S/C10H16ClN3/c1-8(4-12-10-2-3-10)6-14-7-9(11)5-13-14/h5,7-8,10,12H,2-4,6H2,1H3. The first-order valence-electron chi connectivity index (χ1n) is 5.15. The molecule has 0 aliphatic heterocycles. The SMILES string of the molecule is CC(CNC1CC1)Cn1cc(Cl)cn1. The molecular formula is C10H16ClN3. The highest BCUT2D eigenvalue weighted by molar-refractivity contribution is 6.30. The fourth-order valence-electron chi connectivity index (χ4n) is 1.48. The maximum absolute atomic E-state index is 5.78. The van der Waals surface area contributed by atoms with Gasteiger partial charge in [0.05, 0.1) is 11.2 Å². The Labute approximate surface area is 89.4 Å². The molecule has 0 saturated heterocycles. The molecule has 1 atom stereocenters. The van der Waals surface area contributed by atoms with E-state index in [2.05, 4.69) is 17.3 Å². The number of rotatable bonds is 5. The second-order valence-electron chi connectivity index (χ2n) is 4.17. The summed E-state index contributed by atoms with van der Waals surface area (Å²) in [5.74, 6) is 0.603. The predicted octanol–water partition coefficient (Wildman–Crippen LogP) is 1.92. The van der Waals surface area contributed by atoms with E-state index >= 15 is 0 Å². The molecule has 1 N–H and O–H groups in total. The lowest BCUT2D eigenvalue weighted by molar-refractivity contribution is 0.421. The van der Waals surface area contributed by atoms with Crippen LogP contribution in [-0.4, -0.2) is 22.4 Å². The minimum Gasteiger partial charge on any atom is -0.314 e. The number of hydrogen-bond donors (Lipinski definition) is 1. The Kier molecular flexibility index (Phi) is 3.08. The smallest absolute Gasteiger partial charge is 0.0785 e. The highest BCUT2D eigenvalue weighted by Gasteiger charge is 2.20. The summed E-state index contributed by atoms with van der Waals surface area (Å²) in [6.45, 7) is 4.24. The first-order chi connectivity index (χ1) is 6.74. The molecule has 1 aromatic heterocycles. The third kappa shape index (κ3) is 3.00. The molecule has 1 heterocycles. The maximum atomic E-state index is 5.78. The van der Waals surface area contributed by atoms with Crippen LogP contribution in [0.1, 0.15) is 19.8 Å². The Morgan fingerprint density at radius 1 is 1.71 bits per heavy atom. The van der Waals surface area contributed by atoms with Crippen molar-refractivity contribution in [2.24, 2.45) is 5.92 Å². The van der Waals surface area contributed by atoms with Crippen LogP contribution in [0.2, 0.25) is 5.02 Å². The number of halogens is 1. The molecule has 1 aliphatic carbocycles. The second kappa shape index (κ2) is 4.32. The van der Waals surface area contributed by atoms with E-state index in [1.807, 2.05) is 10.9 Å². The zero-order valence-electron chi connectivity index (χ0n) is 8.41. The van der Waals surface area contributed by atoms with Crippen LogP contribution in [0.5, 0.6) is 0 Å². The van der Waals surface area contributed by atoms with Crippen molar-refractivity contribution in [2.75, 3.05) is 6.54 Å². The molecule has 1 aliphatic rings. The summed E-state index contributed by atoms with van der Waals surface area (Å²) in [6.07, 6.45) is 6.25. The van der Waals surface area contributed by atoms with Gasteiger partial charge >= 0.3 is 0 Å². The van der Waals surface area contributed by atoms with Gasteiger partial charge in [-0.15, -0.1) is 0 Å². The monoisotopic (exact) mass is 213 g/mol. The third-order valence-electron chi connectivity index (χ3n) is 2.43. The topological polar surface area (TPSA) is 29.9 Å². The van der Waals surface area contributed by atoms with Crippen LogP contribution < -0.4 is 5.32 Å². The number of hydrogen-bond acceptors (Lipinski definition) is 2. The maximum Gasteiger partial charge on any atom is 0.0785 e. The van der Waals surface area contributed by atoms with E-state index in [1.165, 1.54) is 12.8 Å². The Balaban J connectivity index is 1.72. The van der Waals surface area contributed by atoms with Crippen molar-refractivity contribution in [1.29, 1.82) is 0 Å². The zero-order chi connectivity index (χ0) is 9.97. The van der Waals surface area contributed by atoms with E-state index in [4.69, 9.17) is 11.6 Å². The van der Waals surface area contributed by atoms with Crippen molar-refractivity contribution in [3.05, 3.63) is 17.4 Å². The molecule has 1 fully saturated rings. The molecule has 4 heteroatoms. The lowest BCUT2D eigenvalue weighted by atomic mass is 10.2. The van der Waals surface area contributed by atoms with Gasteiger partial charge in [-0.2, -0.15) is 5.10 Å². The van der Waals surface area contributed by atoms with Crippen LogP contribution >= 0.6 is 11.6 Å². The summed E-state index contributed by atoms with van der Waals surface area (Å²) in [5, 5.41) is 8.38. The molecule has 0 amide bonds. The molecule has 1 unspecified atom stereocenters. The lowest BCUT2D eigenvalue weighted by Crippen LogP contribution is -2.25. The van der Waals surface area contributed by atoms with Gasteiger partial charge in [0.1, 0.15) is 0 Å². The summed E-state index contributed by atoms with van der Waals surface area (Å²) in [6, 6.07) is 0.790. The Hall–Kier alpha value is -0.540. The Bertz CT molecular complexity index is 293. The molecule has 0 radical (unpaired) electrons. The second-order valence-corrected chi connectivity index (χ2v) is 4.60. The van der Waals surface area contributed by atoms with Gasteiger partial charge in [0.25, 0.3) is 0 Å². The van der Waals surface area contributed by atoms with Gasteiger partial charge in [0, 0.05) is 18.8 Å². The summed E-state index contributed by atoms with van der Waals surface area (Å²) >= 11 is 5.78. The molecule has 0 spiro atoms. The predicted molar refractivity (Wildman–Crippen MR) is 57.4 cm³/mol. The van der Waals surface area contributed by atoms with E-state index in [0.29, 0.717) is 10.9 Å². The van der Waals surface area contributed by atoms with Gasteiger partial charge in [0.15, 0.2) is 0 Å². The summed E-state index contributed by atoms with van der Waals surface area (Å²) in [7, 11) is 0. The van der Waals surface area contributed by atoms with E-state index in [-0.39, 0.29) is 0 Å². The van der Waals surface area contributed by atoms with Crippen LogP contribution in [0.25, 0.3) is 0 Å². The summed E-state index contributed by atoms with van der Waals surface area (Å²) < 4.78 is 1.90. The van der Waals surface area contributed by atoms with Crippen molar-refractivity contribution in [2.45, 2.75) is 32.4 Å². The largest absolute Gasteiger partial charge is 0.314 e. The van der Waals surface area contributed by atoms with Crippen LogP contribution in [-0.2, 0) is 6.54 Å². The third-order valence-corrected chi connectivity index (χ3v) is 2.63. The van der Waals surface area contributed by atoms with Crippen molar-refractivity contribution >= 4 is 11.6 Å². The molecule has 1 aromatic rings. The Morgan fingerprint density at radius 2 is 2.50 bits per heavy atom. The van der Waals surface area contributed by atoms with Crippen LogP contribution in [0.4, 0.5) is 0 Å². The minimum absolute atomic E-state index is 0.603. The van der Waals surface area contributed by atoms with Crippen LogP contribution in [0, 0.1) is 5.92 Å². The molecule has 2 rings (SSSR count). The van der Waals surface area contributed by atoms with Crippen molar-refractivity contribution < 1.29 is 0 Å². The molecule has 3 nitrogen and oxygen atoms in total. The Morgan fingerprint density at radius 3 is 3.07 bits per heavy atom. The van der Waals surface area contributed by atoms with E-state index in [9.17, 15) is 0 Å². The molecule has 0 bridgehead atoms. The highest BCUT2D eigenvalue weighted by Crippen LogP contribution is 2.18. The van der Waals surface area contributed by atoms with Gasteiger partial charge < -0.3 is 5.32 Å². The molecule has 1 saturated carbocycles. The number of nitrogens with zero attached hydrogens (tertiary/aromatic N) is 2. The van der Waals surface area contributed by atoms with Crippen molar-refractivity contribution in [3.63, 3.8) is 0 Å². The minimum atomic E-state index is 0.603. The number of nitrogens with one attached hydrogen (secondary N) is 1. The normalized spacial score (nSPS) is 18.4. The van der Waals surface area contributed by atoms with E-state index < -0.39 is 0 Å². The van der Waals surface area contributed by atoms with Crippen molar-refractivity contribution in [1.82, 2.24) is 15.1 Å². The highest BCUT2D eigenvalue weighted by atomic mass is 35.5. The summed E-state index contributed by atoms with van der Waals surface area (Å²) in [4.78, 5) is 0.